The average molecular weight is 209 g/mol. The highest BCUT2D eigenvalue weighted by molar-refractivity contribution is 6.07. The fourth-order valence-electron chi connectivity index (χ4n) is 1.48. The van der Waals surface area contributed by atoms with Crippen molar-refractivity contribution in [2.24, 2.45) is 0 Å². The number of aromatic nitrogens is 2. The van der Waals surface area contributed by atoms with E-state index in [0.29, 0.717) is 5.82 Å². The molecule has 1 aromatic rings. The highest BCUT2D eigenvalue weighted by Crippen LogP contribution is 2.20. The molecule has 7 nitrogen and oxygen atoms in total. The van der Waals surface area contributed by atoms with Gasteiger partial charge in [-0.2, -0.15) is 0 Å². The summed E-state index contributed by atoms with van der Waals surface area (Å²) >= 11 is 0. The Bertz CT molecular complexity index is 438. The van der Waals surface area contributed by atoms with E-state index in [4.69, 9.17) is 5.84 Å². The van der Waals surface area contributed by atoms with Crippen LogP contribution < -0.4 is 10.7 Å². The number of anilines is 1. The third-order valence-electron chi connectivity index (χ3n) is 2.39. The molecule has 0 unspecified atom stereocenters. The summed E-state index contributed by atoms with van der Waals surface area (Å²) < 4.78 is 1.13. The molecule has 1 aromatic heterocycles. The number of carbonyl (C=O) groups is 2. The van der Waals surface area contributed by atoms with Crippen LogP contribution in [0.3, 0.4) is 0 Å². The zero-order valence-electron chi connectivity index (χ0n) is 8.47. The van der Waals surface area contributed by atoms with Crippen molar-refractivity contribution in [3.05, 3.63) is 12.0 Å². The molecule has 0 aliphatic carbocycles. The third kappa shape index (κ3) is 1.24. The summed E-state index contributed by atoms with van der Waals surface area (Å²) in [5.74, 6) is 5.37. The van der Waals surface area contributed by atoms with E-state index in [2.05, 4.69) is 4.98 Å². The molecule has 7 heteroatoms. The molecule has 15 heavy (non-hydrogen) atoms. The zero-order chi connectivity index (χ0) is 11.2. The van der Waals surface area contributed by atoms with Crippen LogP contribution in [0.2, 0.25) is 0 Å². The lowest BCUT2D eigenvalue weighted by atomic mass is 10.4. The van der Waals surface area contributed by atoms with Gasteiger partial charge in [-0.25, -0.2) is 9.66 Å². The predicted molar refractivity (Wildman–Crippen MR) is 52.7 cm³/mol. The third-order valence-corrected chi connectivity index (χ3v) is 2.39. The minimum atomic E-state index is -0.303. The first-order valence-electron chi connectivity index (χ1n) is 4.37. The first-order chi connectivity index (χ1) is 7.02. The SMILES string of the molecule is CN1CC(=O)N(C)c2ncn(N)c2C1=O. The number of nitrogen functional groups attached to an aromatic ring is 1. The van der Waals surface area contributed by atoms with Crippen LogP contribution in [0.4, 0.5) is 5.82 Å². The summed E-state index contributed by atoms with van der Waals surface area (Å²) in [6.45, 7) is 0.0334. The number of amides is 2. The van der Waals surface area contributed by atoms with E-state index >= 15 is 0 Å². The summed E-state index contributed by atoms with van der Waals surface area (Å²) in [6, 6.07) is 0. The van der Waals surface area contributed by atoms with Crippen molar-refractivity contribution in [2.45, 2.75) is 0 Å². The molecule has 80 valence electrons. The maximum absolute atomic E-state index is 11.8. The van der Waals surface area contributed by atoms with Crippen LogP contribution in [-0.2, 0) is 4.79 Å². The molecule has 2 N–H and O–H groups in total. The van der Waals surface area contributed by atoms with Crippen LogP contribution in [0, 0.1) is 0 Å². The number of hydrogen-bond acceptors (Lipinski definition) is 4. The van der Waals surface area contributed by atoms with E-state index in [0.717, 1.165) is 4.68 Å². The molecule has 0 radical (unpaired) electrons. The van der Waals surface area contributed by atoms with E-state index < -0.39 is 0 Å². The van der Waals surface area contributed by atoms with E-state index in [1.807, 2.05) is 0 Å². The fourth-order valence-corrected chi connectivity index (χ4v) is 1.48. The van der Waals surface area contributed by atoms with Gasteiger partial charge in [0.05, 0.1) is 0 Å². The maximum Gasteiger partial charge on any atom is 0.276 e. The molecule has 0 atom stereocenters. The Hall–Kier alpha value is -2.05. The molecule has 2 rings (SSSR count). The van der Waals surface area contributed by atoms with Gasteiger partial charge < -0.3 is 10.7 Å². The molecule has 0 saturated carbocycles. The van der Waals surface area contributed by atoms with Crippen LogP contribution in [0.25, 0.3) is 0 Å². The minimum Gasteiger partial charge on any atom is -0.337 e. The fraction of sp³-hybridized carbons (Fsp3) is 0.375. The van der Waals surface area contributed by atoms with E-state index in [1.54, 1.807) is 14.1 Å². The lowest BCUT2D eigenvalue weighted by Crippen LogP contribution is -2.36. The lowest BCUT2D eigenvalue weighted by Gasteiger charge is -2.14. The zero-order valence-corrected chi connectivity index (χ0v) is 8.47. The van der Waals surface area contributed by atoms with Crippen LogP contribution in [-0.4, -0.2) is 47.0 Å². The standard InChI is InChI=1S/C8H11N5O2/c1-11-3-5(14)12(2)7-6(8(11)15)13(9)4-10-7/h4H,3,9H2,1-2H3. The quantitative estimate of drug-likeness (QED) is 0.535. The van der Waals surface area contributed by atoms with Gasteiger partial charge in [-0.1, -0.05) is 0 Å². The largest absolute Gasteiger partial charge is 0.337 e. The summed E-state index contributed by atoms with van der Waals surface area (Å²) in [7, 11) is 3.12. The number of imidazole rings is 1. The Morgan fingerprint density at radius 1 is 1.40 bits per heavy atom. The van der Waals surface area contributed by atoms with Gasteiger partial charge in [0.25, 0.3) is 5.91 Å². The highest BCUT2D eigenvalue weighted by atomic mass is 16.2. The number of likely N-dealkylation sites (N-methyl/N-ethyl adjacent to an activating group) is 2. The molecular weight excluding hydrogens is 198 g/mol. The maximum atomic E-state index is 11.8. The Balaban J connectivity index is 2.61. The lowest BCUT2D eigenvalue weighted by molar-refractivity contribution is -0.118. The molecule has 1 aliphatic rings. The topological polar surface area (TPSA) is 84.5 Å². The van der Waals surface area contributed by atoms with Crippen molar-refractivity contribution in [1.29, 1.82) is 0 Å². The molecule has 0 aromatic carbocycles. The Morgan fingerprint density at radius 2 is 2.07 bits per heavy atom. The normalized spacial score (nSPS) is 16.7. The monoisotopic (exact) mass is 209 g/mol. The molecule has 0 bridgehead atoms. The van der Waals surface area contributed by atoms with Crippen molar-refractivity contribution in [1.82, 2.24) is 14.6 Å². The van der Waals surface area contributed by atoms with Gasteiger partial charge in [-0.3, -0.25) is 14.5 Å². The van der Waals surface area contributed by atoms with Crippen LogP contribution in [0.1, 0.15) is 10.5 Å². The Kier molecular flexibility index (Phi) is 1.88. The molecule has 0 spiro atoms. The van der Waals surface area contributed by atoms with Crippen molar-refractivity contribution in [3.8, 4) is 0 Å². The number of nitrogens with two attached hydrogens (primary N) is 1. The van der Waals surface area contributed by atoms with E-state index in [9.17, 15) is 9.59 Å². The average Bonchev–Trinajstić information content (AvgIpc) is 2.54. The second kappa shape index (κ2) is 2.97. The number of rotatable bonds is 0. The highest BCUT2D eigenvalue weighted by Gasteiger charge is 2.31. The van der Waals surface area contributed by atoms with Crippen molar-refractivity contribution < 1.29 is 9.59 Å². The Morgan fingerprint density at radius 3 is 2.73 bits per heavy atom. The van der Waals surface area contributed by atoms with Gasteiger partial charge in [0.1, 0.15) is 12.9 Å². The van der Waals surface area contributed by atoms with Crippen LogP contribution >= 0.6 is 0 Å². The van der Waals surface area contributed by atoms with Crippen molar-refractivity contribution >= 4 is 17.6 Å². The van der Waals surface area contributed by atoms with Crippen molar-refractivity contribution in [3.63, 3.8) is 0 Å². The van der Waals surface area contributed by atoms with E-state index in [-0.39, 0.29) is 24.1 Å². The number of hydrogen-bond donors (Lipinski definition) is 1. The molecule has 0 fully saturated rings. The molecule has 2 heterocycles. The predicted octanol–water partition coefficient (Wildman–Crippen LogP) is -1.35. The summed E-state index contributed by atoms with van der Waals surface area (Å²) in [5, 5.41) is 0. The van der Waals surface area contributed by atoms with E-state index in [1.165, 1.54) is 16.1 Å². The van der Waals surface area contributed by atoms with Crippen LogP contribution in [0.15, 0.2) is 6.33 Å². The summed E-state index contributed by atoms with van der Waals surface area (Å²) in [5.41, 5.74) is 0.228. The molecule has 0 saturated heterocycles. The summed E-state index contributed by atoms with van der Waals surface area (Å²) in [4.78, 5) is 30.0. The first kappa shape index (κ1) is 9.50. The number of carbonyl (C=O) groups excluding carboxylic acids is 2. The molecule has 1 aliphatic heterocycles. The molecule has 2 amide bonds. The smallest absolute Gasteiger partial charge is 0.276 e. The van der Waals surface area contributed by atoms with Crippen LogP contribution in [0.5, 0.6) is 0 Å². The van der Waals surface area contributed by atoms with Gasteiger partial charge in [0.15, 0.2) is 11.5 Å². The van der Waals surface area contributed by atoms with Crippen molar-refractivity contribution in [2.75, 3.05) is 31.4 Å². The Labute approximate surface area is 86.0 Å². The number of fused-ring (bicyclic) bond motifs is 1. The second-order valence-electron chi connectivity index (χ2n) is 3.44. The molecular formula is C8H11N5O2. The van der Waals surface area contributed by atoms with Gasteiger partial charge in [-0.05, 0) is 0 Å². The summed E-state index contributed by atoms with van der Waals surface area (Å²) in [6.07, 6.45) is 1.31. The first-order valence-corrected chi connectivity index (χ1v) is 4.37. The van der Waals surface area contributed by atoms with Gasteiger partial charge in [0.2, 0.25) is 5.91 Å². The van der Waals surface area contributed by atoms with Gasteiger partial charge in [0, 0.05) is 14.1 Å². The second-order valence-corrected chi connectivity index (χ2v) is 3.44. The van der Waals surface area contributed by atoms with Gasteiger partial charge >= 0.3 is 0 Å². The minimum absolute atomic E-state index is 0.0334. The van der Waals surface area contributed by atoms with Gasteiger partial charge in [-0.15, -0.1) is 0 Å². The number of nitrogens with zero attached hydrogens (tertiary/aromatic N) is 4.